The van der Waals surface area contributed by atoms with Gasteiger partial charge in [0.25, 0.3) is 0 Å². The topological polar surface area (TPSA) is 72.7 Å². The van der Waals surface area contributed by atoms with Gasteiger partial charge < -0.3 is 0 Å². The number of carbonyl (C=O) groups excluding carboxylic acids is 1. The second-order valence-corrected chi connectivity index (χ2v) is 7.97. The van der Waals surface area contributed by atoms with E-state index in [1.54, 1.807) is 22.1 Å². The van der Waals surface area contributed by atoms with Crippen molar-refractivity contribution < 1.29 is 4.79 Å². The second kappa shape index (κ2) is 7.84. The summed E-state index contributed by atoms with van der Waals surface area (Å²) in [5.41, 5.74) is 2.94. The Morgan fingerprint density at radius 3 is 3.07 bits per heavy atom. The lowest BCUT2D eigenvalue weighted by atomic mass is 9.93. The van der Waals surface area contributed by atoms with Crippen molar-refractivity contribution in [3.8, 4) is 0 Å². The Hall–Kier alpha value is -2.80. The van der Waals surface area contributed by atoms with Crippen LogP contribution in [-0.4, -0.2) is 25.9 Å². The molecule has 27 heavy (non-hydrogen) atoms. The molecule has 4 rings (SSSR count). The number of thiazole rings is 1. The van der Waals surface area contributed by atoms with Gasteiger partial charge in [-0.2, -0.15) is 0 Å². The average molecular weight is 379 g/mol. The molecule has 0 saturated heterocycles. The lowest BCUT2D eigenvalue weighted by molar-refractivity contribution is -0.111. The number of hydrogen-bond acceptors (Lipinski definition) is 5. The molecule has 3 aromatic rings. The van der Waals surface area contributed by atoms with Crippen molar-refractivity contribution in [1.82, 2.24) is 20.0 Å². The van der Waals surface area contributed by atoms with Crippen molar-refractivity contribution in [1.29, 1.82) is 0 Å². The summed E-state index contributed by atoms with van der Waals surface area (Å²) in [5, 5.41) is 11.7. The lowest BCUT2D eigenvalue weighted by Gasteiger charge is -2.15. The van der Waals surface area contributed by atoms with Gasteiger partial charge in [-0.05, 0) is 36.8 Å². The van der Waals surface area contributed by atoms with Gasteiger partial charge in [0.15, 0.2) is 5.13 Å². The number of aromatic nitrogens is 4. The van der Waals surface area contributed by atoms with E-state index in [-0.39, 0.29) is 5.91 Å². The first-order chi connectivity index (χ1) is 13.2. The molecule has 0 saturated carbocycles. The van der Waals surface area contributed by atoms with Crippen molar-refractivity contribution >= 4 is 28.5 Å². The van der Waals surface area contributed by atoms with Crippen LogP contribution in [0.2, 0.25) is 0 Å². The molecule has 1 unspecified atom stereocenters. The Morgan fingerprint density at radius 2 is 2.22 bits per heavy atom. The third kappa shape index (κ3) is 4.49. The third-order valence-corrected chi connectivity index (χ3v) is 5.60. The standard InChI is InChI=1S/C20H21N5OS/c1-14-7-9-17-18(11-14)27-20(21-17)22-19(26)10-8-16-13-25(24-23-16)12-15-5-3-2-4-6-15/h2-6,8,10,13-14H,7,9,11-12H2,1H3,(H,21,22,26)/b10-8+. The number of nitrogens with zero attached hydrogens (tertiary/aromatic N) is 4. The number of aryl methyl sites for hydroxylation is 1. The second-order valence-electron chi connectivity index (χ2n) is 6.89. The normalized spacial score (nSPS) is 16.4. The summed E-state index contributed by atoms with van der Waals surface area (Å²) in [6.07, 6.45) is 8.19. The maximum absolute atomic E-state index is 12.2. The summed E-state index contributed by atoms with van der Waals surface area (Å²) in [7, 11) is 0. The molecule has 2 heterocycles. The van der Waals surface area contributed by atoms with Gasteiger partial charge in [0.2, 0.25) is 5.91 Å². The molecule has 1 N–H and O–H groups in total. The summed E-state index contributed by atoms with van der Waals surface area (Å²) >= 11 is 1.59. The monoisotopic (exact) mass is 379 g/mol. The molecule has 1 aliphatic carbocycles. The zero-order valence-corrected chi connectivity index (χ0v) is 15.9. The fourth-order valence-corrected chi connectivity index (χ4v) is 4.31. The molecule has 7 heteroatoms. The zero-order chi connectivity index (χ0) is 18.6. The van der Waals surface area contributed by atoms with Gasteiger partial charge in [0.1, 0.15) is 5.69 Å². The maximum atomic E-state index is 12.2. The summed E-state index contributed by atoms with van der Waals surface area (Å²) in [6, 6.07) is 10.1. The predicted molar refractivity (Wildman–Crippen MR) is 107 cm³/mol. The minimum Gasteiger partial charge on any atom is -0.298 e. The molecular weight excluding hydrogens is 358 g/mol. The van der Waals surface area contributed by atoms with E-state index in [0.717, 1.165) is 24.1 Å². The molecule has 2 aromatic heterocycles. The quantitative estimate of drug-likeness (QED) is 0.688. The van der Waals surface area contributed by atoms with E-state index in [0.29, 0.717) is 23.3 Å². The highest BCUT2D eigenvalue weighted by Gasteiger charge is 2.20. The first-order valence-corrected chi connectivity index (χ1v) is 9.89. The smallest absolute Gasteiger partial charge is 0.250 e. The number of benzene rings is 1. The number of anilines is 1. The minimum absolute atomic E-state index is 0.202. The molecule has 0 aliphatic heterocycles. The fraction of sp³-hybridized carbons (Fsp3) is 0.300. The molecular formula is C20H21N5OS. The van der Waals surface area contributed by atoms with E-state index in [2.05, 4.69) is 27.5 Å². The van der Waals surface area contributed by atoms with Gasteiger partial charge in [-0.25, -0.2) is 9.67 Å². The molecule has 0 bridgehead atoms. The van der Waals surface area contributed by atoms with E-state index in [9.17, 15) is 4.79 Å². The van der Waals surface area contributed by atoms with Gasteiger partial charge in [-0.15, -0.1) is 16.4 Å². The Morgan fingerprint density at radius 1 is 1.37 bits per heavy atom. The van der Waals surface area contributed by atoms with Crippen molar-refractivity contribution in [3.05, 3.63) is 64.4 Å². The molecule has 1 atom stereocenters. The van der Waals surface area contributed by atoms with Crippen LogP contribution in [0.4, 0.5) is 5.13 Å². The Bertz CT molecular complexity index is 960. The molecule has 1 aliphatic rings. The Kier molecular flexibility index (Phi) is 5.11. The van der Waals surface area contributed by atoms with Crippen LogP contribution in [0.1, 0.15) is 35.2 Å². The third-order valence-electron chi connectivity index (χ3n) is 4.57. The molecule has 138 valence electrons. The lowest BCUT2D eigenvalue weighted by Crippen LogP contribution is -2.09. The number of amides is 1. The summed E-state index contributed by atoms with van der Waals surface area (Å²) in [4.78, 5) is 18.0. The highest BCUT2D eigenvalue weighted by Crippen LogP contribution is 2.32. The van der Waals surface area contributed by atoms with Crippen LogP contribution < -0.4 is 5.32 Å². The number of fused-ring (bicyclic) bond motifs is 1. The largest absolute Gasteiger partial charge is 0.298 e. The summed E-state index contributed by atoms with van der Waals surface area (Å²) < 4.78 is 1.75. The molecule has 1 aromatic carbocycles. The van der Waals surface area contributed by atoms with Gasteiger partial charge >= 0.3 is 0 Å². The van der Waals surface area contributed by atoms with Crippen molar-refractivity contribution in [2.75, 3.05) is 5.32 Å². The zero-order valence-electron chi connectivity index (χ0n) is 15.1. The van der Waals surface area contributed by atoms with Gasteiger partial charge in [0, 0.05) is 11.0 Å². The molecule has 0 radical (unpaired) electrons. The van der Waals surface area contributed by atoms with Crippen molar-refractivity contribution in [2.45, 2.75) is 32.7 Å². The Labute approximate surface area is 162 Å². The van der Waals surface area contributed by atoms with Gasteiger partial charge in [-0.1, -0.05) is 42.5 Å². The van der Waals surface area contributed by atoms with E-state index < -0.39 is 0 Å². The van der Waals surface area contributed by atoms with Crippen molar-refractivity contribution in [2.24, 2.45) is 5.92 Å². The fourth-order valence-electron chi connectivity index (χ4n) is 3.14. The predicted octanol–water partition coefficient (Wildman–Crippen LogP) is 3.56. The van der Waals surface area contributed by atoms with Crippen LogP contribution in [-0.2, 0) is 24.2 Å². The van der Waals surface area contributed by atoms with Gasteiger partial charge in [0.05, 0.1) is 18.4 Å². The van der Waals surface area contributed by atoms with Crippen LogP contribution >= 0.6 is 11.3 Å². The van der Waals surface area contributed by atoms with Crippen LogP contribution in [0.5, 0.6) is 0 Å². The summed E-state index contributed by atoms with van der Waals surface area (Å²) in [6.45, 7) is 2.91. The molecule has 1 amide bonds. The van der Waals surface area contributed by atoms with Crippen LogP contribution in [0.25, 0.3) is 6.08 Å². The highest BCUT2D eigenvalue weighted by atomic mass is 32.1. The van der Waals surface area contributed by atoms with E-state index >= 15 is 0 Å². The molecule has 6 nitrogen and oxygen atoms in total. The first-order valence-electron chi connectivity index (χ1n) is 9.07. The molecule has 0 fully saturated rings. The SMILES string of the molecule is CC1CCc2nc(NC(=O)/C=C/c3cn(Cc4ccccc4)nn3)sc2C1. The van der Waals surface area contributed by atoms with Crippen molar-refractivity contribution in [3.63, 3.8) is 0 Å². The van der Waals surface area contributed by atoms with E-state index in [1.807, 2.05) is 36.5 Å². The first kappa shape index (κ1) is 17.6. The Balaban J connectivity index is 1.35. The van der Waals surface area contributed by atoms with E-state index in [1.165, 1.54) is 17.4 Å². The van der Waals surface area contributed by atoms with E-state index in [4.69, 9.17) is 0 Å². The molecule has 0 spiro atoms. The number of nitrogens with one attached hydrogen (secondary N) is 1. The van der Waals surface area contributed by atoms with Crippen LogP contribution in [0.15, 0.2) is 42.6 Å². The van der Waals surface area contributed by atoms with Crippen LogP contribution in [0, 0.1) is 5.92 Å². The number of carbonyl (C=O) groups is 1. The average Bonchev–Trinajstić information content (AvgIpc) is 3.26. The van der Waals surface area contributed by atoms with Gasteiger partial charge in [-0.3, -0.25) is 10.1 Å². The maximum Gasteiger partial charge on any atom is 0.250 e. The number of rotatable bonds is 5. The number of hydrogen-bond donors (Lipinski definition) is 1. The summed E-state index contributed by atoms with van der Waals surface area (Å²) in [5.74, 6) is 0.492. The van der Waals surface area contributed by atoms with Crippen LogP contribution in [0.3, 0.4) is 0 Å². The minimum atomic E-state index is -0.202. The highest BCUT2D eigenvalue weighted by molar-refractivity contribution is 7.15.